The van der Waals surface area contributed by atoms with E-state index in [0.29, 0.717) is 25.1 Å². The zero-order valence-corrected chi connectivity index (χ0v) is 9.60. The highest BCUT2D eigenvalue weighted by Crippen LogP contribution is 2.18. The molecule has 1 rings (SSSR count). The third kappa shape index (κ3) is 4.08. The first-order valence-corrected chi connectivity index (χ1v) is 5.27. The van der Waals surface area contributed by atoms with Crippen LogP contribution in [0.5, 0.6) is 0 Å². The van der Waals surface area contributed by atoms with Gasteiger partial charge in [-0.1, -0.05) is 6.07 Å². The molecule has 94 valence electrons. The van der Waals surface area contributed by atoms with Crippen LogP contribution in [0.2, 0.25) is 0 Å². The Morgan fingerprint density at radius 1 is 1.53 bits per heavy atom. The largest absolute Gasteiger partial charge is 0.396 e. The number of aliphatic hydroxyl groups is 1. The van der Waals surface area contributed by atoms with Gasteiger partial charge in [0.15, 0.2) is 0 Å². The summed E-state index contributed by atoms with van der Waals surface area (Å²) in [6.07, 6.45) is 0.645. The number of halogens is 1. The minimum atomic E-state index is -0.817. The highest BCUT2D eigenvalue weighted by atomic mass is 19.1. The van der Waals surface area contributed by atoms with E-state index >= 15 is 0 Å². The fourth-order valence-corrected chi connectivity index (χ4v) is 1.53. The zero-order chi connectivity index (χ0) is 12.8. The van der Waals surface area contributed by atoms with E-state index in [4.69, 9.17) is 5.11 Å². The van der Waals surface area contributed by atoms with Gasteiger partial charge in [-0.25, -0.2) is 0 Å². The van der Waals surface area contributed by atoms with Crippen LogP contribution in [-0.2, 0) is 6.54 Å². The van der Waals surface area contributed by atoms with Gasteiger partial charge in [0, 0.05) is 25.8 Å². The summed E-state index contributed by atoms with van der Waals surface area (Å²) < 4.78 is 13.3. The summed E-state index contributed by atoms with van der Waals surface area (Å²) in [4.78, 5) is 11.6. The first kappa shape index (κ1) is 13.5. The maximum absolute atomic E-state index is 13.3. The lowest BCUT2D eigenvalue weighted by Crippen LogP contribution is -2.20. The minimum Gasteiger partial charge on any atom is -0.396 e. The first-order valence-electron chi connectivity index (χ1n) is 5.27. The van der Waals surface area contributed by atoms with Gasteiger partial charge in [0.05, 0.1) is 4.92 Å². The fraction of sp³-hybridized carbons (Fsp3) is 0.455. The van der Waals surface area contributed by atoms with Crippen LogP contribution in [0.3, 0.4) is 0 Å². The summed E-state index contributed by atoms with van der Waals surface area (Å²) in [5.74, 6) is -0.817. The van der Waals surface area contributed by atoms with Gasteiger partial charge in [0.25, 0.3) is 0 Å². The number of rotatable bonds is 6. The van der Waals surface area contributed by atoms with Crippen molar-refractivity contribution in [3.05, 3.63) is 39.7 Å². The monoisotopic (exact) mass is 242 g/mol. The smallest absolute Gasteiger partial charge is 0.304 e. The van der Waals surface area contributed by atoms with Crippen molar-refractivity contribution in [2.24, 2.45) is 0 Å². The maximum atomic E-state index is 13.3. The van der Waals surface area contributed by atoms with Crippen LogP contribution in [0, 0.1) is 15.9 Å². The molecule has 0 aromatic heterocycles. The first-order chi connectivity index (χ1) is 8.04. The molecule has 0 saturated heterocycles. The Morgan fingerprint density at radius 3 is 2.76 bits per heavy atom. The van der Waals surface area contributed by atoms with Crippen LogP contribution < -0.4 is 0 Å². The molecule has 0 aliphatic heterocycles. The second kappa shape index (κ2) is 6.27. The van der Waals surface area contributed by atoms with Crippen molar-refractivity contribution in [2.45, 2.75) is 13.0 Å². The fourth-order valence-electron chi connectivity index (χ4n) is 1.53. The Hall–Kier alpha value is -1.53. The molecule has 0 bridgehead atoms. The molecule has 6 heteroatoms. The normalized spacial score (nSPS) is 10.8. The van der Waals surface area contributed by atoms with Gasteiger partial charge in [-0.2, -0.15) is 4.39 Å². The molecule has 0 unspecified atom stereocenters. The topological polar surface area (TPSA) is 66.6 Å². The van der Waals surface area contributed by atoms with Gasteiger partial charge in [-0.05, 0) is 25.1 Å². The molecule has 0 fully saturated rings. The van der Waals surface area contributed by atoms with Gasteiger partial charge in [-0.3, -0.25) is 10.1 Å². The van der Waals surface area contributed by atoms with E-state index in [2.05, 4.69) is 0 Å². The molecule has 0 atom stereocenters. The van der Waals surface area contributed by atoms with E-state index in [0.717, 1.165) is 0 Å². The van der Waals surface area contributed by atoms with E-state index in [1.54, 1.807) is 0 Å². The van der Waals surface area contributed by atoms with Gasteiger partial charge in [-0.15, -0.1) is 0 Å². The van der Waals surface area contributed by atoms with Crippen molar-refractivity contribution >= 4 is 5.69 Å². The van der Waals surface area contributed by atoms with Crippen LogP contribution in [0.1, 0.15) is 12.0 Å². The third-order valence-corrected chi connectivity index (χ3v) is 2.36. The third-order valence-electron chi connectivity index (χ3n) is 2.36. The molecular weight excluding hydrogens is 227 g/mol. The molecule has 0 aliphatic carbocycles. The van der Waals surface area contributed by atoms with Crippen molar-refractivity contribution in [2.75, 3.05) is 20.2 Å². The molecule has 0 saturated carbocycles. The van der Waals surface area contributed by atoms with Crippen LogP contribution in [-0.4, -0.2) is 35.1 Å². The van der Waals surface area contributed by atoms with E-state index in [1.165, 1.54) is 18.2 Å². The molecule has 0 spiro atoms. The Kier molecular flexibility index (Phi) is 4.99. The maximum Gasteiger partial charge on any atom is 0.304 e. The standard InChI is InChI=1S/C11H15FN2O3/c1-13(5-2-6-15)8-9-3-4-11(14(16)17)10(12)7-9/h3-4,7,15H,2,5-6,8H2,1H3. The van der Waals surface area contributed by atoms with Gasteiger partial charge in [0.2, 0.25) is 5.82 Å². The molecule has 5 nitrogen and oxygen atoms in total. The lowest BCUT2D eigenvalue weighted by atomic mass is 10.2. The number of hydrogen-bond donors (Lipinski definition) is 1. The van der Waals surface area contributed by atoms with Crippen molar-refractivity contribution in [3.8, 4) is 0 Å². The van der Waals surface area contributed by atoms with Gasteiger partial charge in [0.1, 0.15) is 0 Å². The number of nitro groups is 1. The highest BCUT2D eigenvalue weighted by Gasteiger charge is 2.14. The van der Waals surface area contributed by atoms with Crippen molar-refractivity contribution in [3.63, 3.8) is 0 Å². The summed E-state index contributed by atoms with van der Waals surface area (Å²) in [5, 5.41) is 19.1. The number of hydrogen-bond acceptors (Lipinski definition) is 4. The average Bonchev–Trinajstić information content (AvgIpc) is 2.26. The van der Waals surface area contributed by atoms with E-state index < -0.39 is 16.4 Å². The number of benzene rings is 1. The van der Waals surface area contributed by atoms with E-state index in [-0.39, 0.29) is 6.61 Å². The summed E-state index contributed by atoms with van der Waals surface area (Å²) in [6, 6.07) is 3.88. The quantitative estimate of drug-likeness (QED) is 0.607. The second-order valence-electron chi connectivity index (χ2n) is 3.86. The number of nitro benzene ring substituents is 1. The molecule has 17 heavy (non-hydrogen) atoms. The highest BCUT2D eigenvalue weighted by molar-refractivity contribution is 5.34. The molecule has 1 N–H and O–H groups in total. The van der Waals surface area contributed by atoms with Crippen LogP contribution in [0.25, 0.3) is 0 Å². The van der Waals surface area contributed by atoms with E-state index in [9.17, 15) is 14.5 Å². The second-order valence-corrected chi connectivity index (χ2v) is 3.86. The summed E-state index contributed by atoms with van der Waals surface area (Å²) in [5.41, 5.74) is 0.167. The SMILES string of the molecule is CN(CCCO)Cc1ccc([N+](=O)[O-])c(F)c1. The lowest BCUT2D eigenvalue weighted by Gasteiger charge is -2.15. The molecule has 0 radical (unpaired) electrons. The molecule has 0 heterocycles. The number of nitrogens with zero attached hydrogens (tertiary/aromatic N) is 2. The summed E-state index contributed by atoms with van der Waals surface area (Å²) in [6.45, 7) is 1.29. The van der Waals surface area contributed by atoms with Gasteiger partial charge >= 0.3 is 5.69 Å². The van der Waals surface area contributed by atoms with Crippen molar-refractivity contribution < 1.29 is 14.4 Å². The Morgan fingerprint density at radius 2 is 2.24 bits per heavy atom. The van der Waals surface area contributed by atoms with Crippen LogP contribution in [0.4, 0.5) is 10.1 Å². The Labute approximate surface area is 98.6 Å². The molecule has 0 aliphatic rings. The lowest BCUT2D eigenvalue weighted by molar-refractivity contribution is -0.387. The summed E-state index contributed by atoms with van der Waals surface area (Å²) >= 11 is 0. The van der Waals surface area contributed by atoms with E-state index in [1.807, 2.05) is 11.9 Å². The Balaban J connectivity index is 2.67. The molecule has 1 aromatic rings. The average molecular weight is 242 g/mol. The van der Waals surface area contributed by atoms with Crippen molar-refractivity contribution in [1.29, 1.82) is 0 Å². The minimum absolute atomic E-state index is 0.110. The predicted molar refractivity (Wildman–Crippen MR) is 61.1 cm³/mol. The van der Waals surface area contributed by atoms with Crippen LogP contribution >= 0.6 is 0 Å². The summed E-state index contributed by atoms with van der Waals surface area (Å²) in [7, 11) is 1.84. The zero-order valence-electron chi connectivity index (χ0n) is 9.60. The Bertz CT molecular complexity index is 398. The predicted octanol–water partition coefficient (Wildman–Crippen LogP) is 1.55. The van der Waals surface area contributed by atoms with Crippen molar-refractivity contribution in [1.82, 2.24) is 4.90 Å². The van der Waals surface area contributed by atoms with Gasteiger partial charge < -0.3 is 10.0 Å². The molecule has 1 aromatic carbocycles. The molecule has 0 amide bonds. The number of aliphatic hydroxyl groups excluding tert-OH is 1. The van der Waals surface area contributed by atoms with Crippen LogP contribution in [0.15, 0.2) is 18.2 Å². The molecular formula is C11H15FN2O3.